The first-order valence-electron chi connectivity index (χ1n) is 7.84. The molecule has 5 nitrogen and oxygen atoms in total. The predicted molar refractivity (Wildman–Crippen MR) is 99.4 cm³/mol. The number of benzene rings is 1. The molecule has 8 heteroatoms. The quantitative estimate of drug-likeness (QED) is 0.818. The summed E-state index contributed by atoms with van der Waals surface area (Å²) in [7, 11) is 0. The second-order valence-electron chi connectivity index (χ2n) is 5.63. The topological polar surface area (TPSA) is 52.7 Å². The van der Waals surface area contributed by atoms with Crippen LogP contribution >= 0.6 is 27.3 Å². The van der Waals surface area contributed by atoms with Gasteiger partial charge in [0, 0.05) is 30.7 Å². The average Bonchev–Trinajstić information content (AvgIpc) is 3.15. The zero-order valence-electron chi connectivity index (χ0n) is 13.4. The van der Waals surface area contributed by atoms with Crippen molar-refractivity contribution in [2.45, 2.75) is 0 Å². The number of nitrogens with one attached hydrogen (secondary N) is 1. The van der Waals surface area contributed by atoms with Gasteiger partial charge in [-0.1, -0.05) is 22.0 Å². The van der Waals surface area contributed by atoms with E-state index in [1.807, 2.05) is 11.4 Å². The maximum absolute atomic E-state index is 13.8. The van der Waals surface area contributed by atoms with Gasteiger partial charge in [0.15, 0.2) is 0 Å². The van der Waals surface area contributed by atoms with E-state index in [1.54, 1.807) is 28.0 Å². The van der Waals surface area contributed by atoms with E-state index in [2.05, 4.69) is 21.2 Å². The molecule has 0 unspecified atom stereocenters. The van der Waals surface area contributed by atoms with E-state index in [1.165, 1.54) is 17.4 Å². The summed E-state index contributed by atoms with van der Waals surface area (Å²) in [5.74, 6) is -0.503. The van der Waals surface area contributed by atoms with Gasteiger partial charge in [-0.25, -0.2) is 4.39 Å². The van der Waals surface area contributed by atoms with E-state index in [0.29, 0.717) is 41.2 Å². The molecule has 1 aliphatic rings. The van der Waals surface area contributed by atoms with Crippen LogP contribution in [-0.4, -0.2) is 54.3 Å². The summed E-state index contributed by atoms with van der Waals surface area (Å²) in [5.41, 5.74) is 0.294. The second kappa shape index (κ2) is 7.97. The average molecular weight is 426 g/mol. The van der Waals surface area contributed by atoms with Crippen molar-refractivity contribution in [1.29, 1.82) is 0 Å². The lowest BCUT2D eigenvalue weighted by Gasteiger charge is -2.34. The molecule has 0 saturated carbocycles. The van der Waals surface area contributed by atoms with Gasteiger partial charge in [0.1, 0.15) is 5.82 Å². The molecule has 3 rings (SSSR count). The molecule has 0 radical (unpaired) electrons. The molecule has 0 bridgehead atoms. The zero-order valence-corrected chi connectivity index (χ0v) is 15.8. The fourth-order valence-electron chi connectivity index (χ4n) is 2.63. The number of amides is 2. The van der Waals surface area contributed by atoms with Crippen LogP contribution in [0.1, 0.15) is 9.67 Å². The van der Waals surface area contributed by atoms with Crippen LogP contribution in [0.3, 0.4) is 0 Å². The zero-order chi connectivity index (χ0) is 17.8. The maximum atomic E-state index is 13.8. The molecule has 2 heterocycles. The molecule has 0 atom stereocenters. The normalized spacial score (nSPS) is 14.5. The molecule has 2 aromatic rings. The number of carbonyl (C=O) groups excluding carboxylic acids is 2. The van der Waals surface area contributed by atoms with Crippen molar-refractivity contribution >= 4 is 44.8 Å². The minimum Gasteiger partial charge on any atom is -0.374 e. The maximum Gasteiger partial charge on any atom is 0.264 e. The summed E-state index contributed by atoms with van der Waals surface area (Å²) in [6.07, 6.45) is 0. The monoisotopic (exact) mass is 425 g/mol. The van der Waals surface area contributed by atoms with Crippen LogP contribution in [0.25, 0.3) is 0 Å². The van der Waals surface area contributed by atoms with Crippen LogP contribution in [0.5, 0.6) is 0 Å². The number of rotatable bonds is 4. The lowest BCUT2D eigenvalue weighted by molar-refractivity contribution is -0.130. The summed E-state index contributed by atoms with van der Waals surface area (Å²) in [6.45, 7) is 2.02. The van der Waals surface area contributed by atoms with Crippen molar-refractivity contribution in [3.8, 4) is 0 Å². The first-order chi connectivity index (χ1) is 12.0. The molecule has 1 aliphatic heterocycles. The van der Waals surface area contributed by atoms with Gasteiger partial charge < -0.3 is 15.1 Å². The Kier molecular flexibility index (Phi) is 5.70. The first kappa shape index (κ1) is 17.9. The lowest BCUT2D eigenvalue weighted by atomic mass is 10.2. The Bertz CT molecular complexity index is 761. The number of anilines is 1. The number of hydrogen-bond acceptors (Lipinski definition) is 4. The third kappa shape index (κ3) is 4.38. The van der Waals surface area contributed by atoms with Crippen molar-refractivity contribution in [2.24, 2.45) is 0 Å². The number of nitrogens with zero attached hydrogens (tertiary/aromatic N) is 2. The number of hydrogen-bond donors (Lipinski definition) is 1. The summed E-state index contributed by atoms with van der Waals surface area (Å²) >= 11 is 4.62. The van der Waals surface area contributed by atoms with E-state index in [0.717, 1.165) is 0 Å². The number of thiophene rings is 1. The van der Waals surface area contributed by atoms with Crippen molar-refractivity contribution in [1.82, 2.24) is 9.80 Å². The molecule has 0 aliphatic carbocycles. The molecule has 2 amide bonds. The fraction of sp³-hybridized carbons (Fsp3) is 0.294. The van der Waals surface area contributed by atoms with Crippen molar-refractivity contribution in [3.63, 3.8) is 0 Å². The van der Waals surface area contributed by atoms with Crippen LogP contribution in [0.15, 0.2) is 40.2 Å². The van der Waals surface area contributed by atoms with Gasteiger partial charge in [0.25, 0.3) is 5.91 Å². The summed E-state index contributed by atoms with van der Waals surface area (Å²) in [4.78, 5) is 28.7. The predicted octanol–water partition coefficient (Wildman–Crippen LogP) is 3.05. The molecule has 1 aromatic heterocycles. The SMILES string of the molecule is O=C(CNc1ccc(Br)cc1F)N1CCN(C(=O)c2cccs2)CC1. The van der Waals surface area contributed by atoms with Crippen LogP contribution in [-0.2, 0) is 4.79 Å². The van der Waals surface area contributed by atoms with Gasteiger partial charge in [-0.15, -0.1) is 11.3 Å². The Morgan fingerprint density at radius 1 is 1.16 bits per heavy atom. The Morgan fingerprint density at radius 3 is 2.52 bits per heavy atom. The highest BCUT2D eigenvalue weighted by atomic mass is 79.9. The van der Waals surface area contributed by atoms with Gasteiger partial charge in [0.05, 0.1) is 17.1 Å². The fourth-order valence-corrected chi connectivity index (χ4v) is 3.65. The molecular formula is C17H17BrFN3O2S. The van der Waals surface area contributed by atoms with Crippen molar-refractivity contribution in [3.05, 3.63) is 50.9 Å². The first-order valence-corrected chi connectivity index (χ1v) is 9.51. The number of piperazine rings is 1. The number of carbonyl (C=O) groups is 2. The molecule has 1 N–H and O–H groups in total. The minimum absolute atomic E-state index is 0.0113. The molecule has 1 aromatic carbocycles. The smallest absolute Gasteiger partial charge is 0.264 e. The highest BCUT2D eigenvalue weighted by Crippen LogP contribution is 2.19. The van der Waals surface area contributed by atoms with E-state index in [-0.39, 0.29) is 18.4 Å². The van der Waals surface area contributed by atoms with Crippen LogP contribution in [0.2, 0.25) is 0 Å². The standard InChI is InChI=1S/C17H17BrFN3O2S/c18-12-3-4-14(13(19)10-12)20-11-16(23)21-5-7-22(8-6-21)17(24)15-2-1-9-25-15/h1-4,9-10,20H,5-8,11H2. The molecular weight excluding hydrogens is 409 g/mol. The third-order valence-electron chi connectivity index (χ3n) is 4.01. The minimum atomic E-state index is -0.409. The van der Waals surface area contributed by atoms with E-state index in [4.69, 9.17) is 0 Å². The highest BCUT2D eigenvalue weighted by molar-refractivity contribution is 9.10. The summed E-state index contributed by atoms with van der Waals surface area (Å²) in [5, 5.41) is 4.70. The van der Waals surface area contributed by atoms with E-state index in [9.17, 15) is 14.0 Å². The van der Waals surface area contributed by atoms with Crippen molar-refractivity contribution < 1.29 is 14.0 Å². The van der Waals surface area contributed by atoms with Gasteiger partial charge in [-0.05, 0) is 29.6 Å². The van der Waals surface area contributed by atoms with Gasteiger partial charge >= 0.3 is 0 Å². The van der Waals surface area contributed by atoms with Crippen LogP contribution in [0.4, 0.5) is 10.1 Å². The summed E-state index contributed by atoms with van der Waals surface area (Å²) < 4.78 is 14.4. The van der Waals surface area contributed by atoms with Gasteiger partial charge in [0.2, 0.25) is 5.91 Å². The van der Waals surface area contributed by atoms with E-state index < -0.39 is 5.82 Å². The summed E-state index contributed by atoms with van der Waals surface area (Å²) in [6, 6.07) is 8.31. The van der Waals surface area contributed by atoms with Gasteiger partial charge in [-0.3, -0.25) is 9.59 Å². The largest absolute Gasteiger partial charge is 0.374 e. The lowest BCUT2D eigenvalue weighted by Crippen LogP contribution is -2.51. The Morgan fingerprint density at radius 2 is 1.88 bits per heavy atom. The van der Waals surface area contributed by atoms with Crippen LogP contribution < -0.4 is 5.32 Å². The van der Waals surface area contributed by atoms with Crippen LogP contribution in [0, 0.1) is 5.82 Å². The molecule has 25 heavy (non-hydrogen) atoms. The third-order valence-corrected chi connectivity index (χ3v) is 5.36. The van der Waals surface area contributed by atoms with Crippen molar-refractivity contribution in [2.75, 3.05) is 38.0 Å². The number of halogens is 2. The molecule has 1 fully saturated rings. The van der Waals surface area contributed by atoms with E-state index >= 15 is 0 Å². The second-order valence-corrected chi connectivity index (χ2v) is 7.49. The molecule has 1 saturated heterocycles. The molecule has 132 valence electrons. The molecule has 0 spiro atoms. The Labute approximate surface area is 157 Å². The van der Waals surface area contributed by atoms with Gasteiger partial charge in [-0.2, -0.15) is 0 Å². The Balaban J connectivity index is 1.49. The highest BCUT2D eigenvalue weighted by Gasteiger charge is 2.25. The Hall–Kier alpha value is -1.93.